The van der Waals surface area contributed by atoms with E-state index in [1.165, 1.54) is 50.2 Å². The highest BCUT2D eigenvalue weighted by Gasteiger charge is 2.41. The number of primary amides is 1. The maximum absolute atomic E-state index is 14.5. The summed E-state index contributed by atoms with van der Waals surface area (Å²) in [5.41, 5.74) is 5.74. The van der Waals surface area contributed by atoms with Crippen molar-refractivity contribution in [2.24, 2.45) is 29.4 Å². The Bertz CT molecular complexity index is 2530. The second-order valence-electron chi connectivity index (χ2n) is 23.8. The van der Waals surface area contributed by atoms with Gasteiger partial charge in [-0.1, -0.05) is 73.9 Å². The minimum atomic E-state index is -1.51. The number of anilines is 1. The summed E-state index contributed by atoms with van der Waals surface area (Å²) in [7, 11) is 6.42. The summed E-state index contributed by atoms with van der Waals surface area (Å²) in [6, 6.07) is 0.233. The number of ether oxygens (including phenoxy) is 4. The van der Waals surface area contributed by atoms with Crippen LogP contribution in [0.25, 0.3) is 0 Å². The minimum Gasteiger partial charge on any atom is -0.431 e. The number of methoxy groups -OCH3 is 1. The fourth-order valence-corrected chi connectivity index (χ4v) is 10.4. The number of carbonyl (C=O) groups is 12. The molecule has 3 rings (SSSR count). The van der Waals surface area contributed by atoms with Crippen LogP contribution in [0.1, 0.15) is 125 Å². The van der Waals surface area contributed by atoms with Gasteiger partial charge >= 0.3 is 12.1 Å². The molecule has 28 nitrogen and oxygen atoms in total. The number of benzene rings is 1. The van der Waals surface area contributed by atoms with Crippen LogP contribution in [0.4, 0.5) is 15.3 Å². The van der Waals surface area contributed by atoms with Gasteiger partial charge in [0.2, 0.25) is 53.4 Å². The van der Waals surface area contributed by atoms with E-state index < -0.39 is 108 Å². The molecule has 500 valence electrons. The molecule has 2 aliphatic heterocycles. The summed E-state index contributed by atoms with van der Waals surface area (Å²) < 4.78 is 22.8. The van der Waals surface area contributed by atoms with E-state index in [-0.39, 0.29) is 132 Å². The number of piperazine rings is 1. The van der Waals surface area contributed by atoms with Crippen molar-refractivity contribution in [3.05, 3.63) is 29.8 Å². The summed E-state index contributed by atoms with van der Waals surface area (Å²) in [5.74, 6) is -5.79. The molecule has 2 fully saturated rings. The lowest BCUT2D eigenvalue weighted by Gasteiger charge is -2.40. The van der Waals surface area contributed by atoms with Gasteiger partial charge in [0.25, 0.3) is 5.91 Å². The van der Waals surface area contributed by atoms with Crippen LogP contribution in [0.15, 0.2) is 24.3 Å². The lowest BCUT2D eigenvalue weighted by atomic mass is 9.89. The Labute approximate surface area is 523 Å². The Hall–Kier alpha value is -7.30. The van der Waals surface area contributed by atoms with Crippen LogP contribution in [0.5, 0.6) is 0 Å². The zero-order valence-corrected chi connectivity index (χ0v) is 54.4. The number of nitrogens with one attached hydrogen (secondary N) is 6. The number of likely N-dealkylation sites (N-methyl/N-ethyl adjacent to an activating group) is 3. The van der Waals surface area contributed by atoms with Crippen molar-refractivity contribution < 1.29 is 76.5 Å². The molecular weight excluding hydrogens is 1160 g/mol. The summed E-state index contributed by atoms with van der Waals surface area (Å²) >= 11 is 0. The maximum atomic E-state index is 14.5. The first-order valence-electron chi connectivity index (χ1n) is 30.8. The van der Waals surface area contributed by atoms with Crippen LogP contribution in [-0.4, -0.2) is 232 Å². The fourth-order valence-electron chi connectivity index (χ4n) is 10.4. The number of hydrogen-bond donors (Lipinski definition) is 7. The van der Waals surface area contributed by atoms with E-state index in [9.17, 15) is 57.5 Å². The Morgan fingerprint density at radius 3 is 1.84 bits per heavy atom. The molecule has 0 spiro atoms. The normalized spacial score (nSPS) is 16.3. The Balaban J connectivity index is 1.73. The number of carbonyl (C=O) groups excluding carboxylic acids is 12. The van der Waals surface area contributed by atoms with Crippen LogP contribution < -0.4 is 37.6 Å². The largest absolute Gasteiger partial charge is 0.431 e. The van der Waals surface area contributed by atoms with Gasteiger partial charge in [0.1, 0.15) is 30.0 Å². The Kier molecular flexibility index (Phi) is 32.7. The van der Waals surface area contributed by atoms with E-state index >= 15 is 0 Å². The molecule has 12 amide bonds. The molecule has 0 bridgehead atoms. The number of nitrogens with two attached hydrogens (primary N) is 1. The van der Waals surface area contributed by atoms with Crippen molar-refractivity contribution in [2.45, 2.75) is 156 Å². The molecule has 2 saturated heterocycles. The first-order valence-corrected chi connectivity index (χ1v) is 30.8. The fraction of sp³-hybridized carbons (Fsp3) is 0.705. The quantitative estimate of drug-likeness (QED) is 0.0366. The second kappa shape index (κ2) is 38.3. The summed E-state index contributed by atoms with van der Waals surface area (Å²) in [5, 5.41) is 16.3. The summed E-state index contributed by atoms with van der Waals surface area (Å²) in [6.45, 7) is 18.4. The Morgan fingerprint density at radius 1 is 0.685 bits per heavy atom. The van der Waals surface area contributed by atoms with E-state index in [2.05, 4.69) is 36.8 Å². The van der Waals surface area contributed by atoms with E-state index in [0.717, 1.165) is 9.80 Å². The first-order chi connectivity index (χ1) is 42.0. The van der Waals surface area contributed by atoms with Crippen molar-refractivity contribution in [1.82, 2.24) is 51.1 Å². The van der Waals surface area contributed by atoms with Crippen molar-refractivity contribution >= 4 is 76.8 Å². The van der Waals surface area contributed by atoms with Crippen LogP contribution >= 0.6 is 0 Å². The molecule has 28 heteroatoms. The van der Waals surface area contributed by atoms with Gasteiger partial charge in [-0.05, 0) is 62.6 Å². The predicted octanol–water partition coefficient (Wildman–Crippen LogP) is 1.69. The number of Topliss-reactive ketones (excluding diaryl/α,β-unsaturated/α-hetero) is 1. The third-order valence-electron chi connectivity index (χ3n) is 15.8. The molecular formula is C61H100N12O16. The summed E-state index contributed by atoms with van der Waals surface area (Å²) in [4.78, 5) is 165. The van der Waals surface area contributed by atoms with Gasteiger partial charge in [0.15, 0.2) is 0 Å². The van der Waals surface area contributed by atoms with Gasteiger partial charge in [-0.25, -0.2) is 9.59 Å². The van der Waals surface area contributed by atoms with Crippen LogP contribution in [-0.2, 0) is 66.9 Å². The molecule has 8 N–H and O–H groups in total. The number of imide groups is 1. The lowest BCUT2D eigenvalue weighted by molar-refractivity contribution is -0.145. The number of rotatable bonds is 38. The monoisotopic (exact) mass is 1260 g/mol. The van der Waals surface area contributed by atoms with Gasteiger partial charge in [0.05, 0.1) is 38.6 Å². The molecule has 0 radical (unpaired) electrons. The zero-order valence-electron chi connectivity index (χ0n) is 54.4. The molecule has 2 aliphatic rings. The zero-order chi connectivity index (χ0) is 66.7. The van der Waals surface area contributed by atoms with Gasteiger partial charge in [0, 0.05) is 110 Å². The van der Waals surface area contributed by atoms with Crippen molar-refractivity contribution in [1.29, 1.82) is 0 Å². The van der Waals surface area contributed by atoms with Gasteiger partial charge in [-0.3, -0.25) is 57.7 Å². The highest BCUT2D eigenvalue weighted by Crippen LogP contribution is 2.27. The SMILES string of the molecule is CC[C@H](C)[C@@H]([C@@H](CC(C)=O)OC)N(C)C(=O)[C@@H](NC(=O)[C@H](C(C)C)N(C)C(=O)OC(C(=O)N1CCN(C)CC1)c1ccc(NC(=O)[C@H](CCCNC(N)=O)NC(=O)[C@@H](NC(=O)CCOCCOCCNC(=O)CCN2C(=O)CCC2=O)C(C)C)cc1)C(C)C. The van der Waals surface area contributed by atoms with Crippen LogP contribution in [0.3, 0.4) is 0 Å². The number of hydrogen-bond acceptors (Lipinski definition) is 17. The van der Waals surface area contributed by atoms with E-state index in [4.69, 9.17) is 24.7 Å². The molecule has 1 aromatic carbocycles. The number of amides is 12. The van der Waals surface area contributed by atoms with E-state index in [0.29, 0.717) is 32.6 Å². The molecule has 89 heavy (non-hydrogen) atoms. The van der Waals surface area contributed by atoms with Crippen molar-refractivity contribution in [2.75, 3.05) is 106 Å². The van der Waals surface area contributed by atoms with E-state index in [1.807, 2.05) is 20.9 Å². The van der Waals surface area contributed by atoms with E-state index in [1.54, 1.807) is 53.5 Å². The highest BCUT2D eigenvalue weighted by atomic mass is 16.6. The maximum Gasteiger partial charge on any atom is 0.411 e. The third-order valence-corrected chi connectivity index (χ3v) is 15.8. The molecule has 1 unspecified atom stereocenters. The first kappa shape index (κ1) is 75.9. The summed E-state index contributed by atoms with van der Waals surface area (Å²) in [6.07, 6.45) is -1.91. The van der Waals surface area contributed by atoms with Gasteiger partial charge in [-0.15, -0.1) is 0 Å². The number of urea groups is 1. The minimum absolute atomic E-state index is 0.00550. The molecule has 2 heterocycles. The van der Waals surface area contributed by atoms with Gasteiger partial charge in [-0.2, -0.15) is 0 Å². The average Bonchev–Trinajstić information content (AvgIpc) is 4.01. The molecule has 0 aliphatic carbocycles. The van der Waals surface area contributed by atoms with Crippen LogP contribution in [0, 0.1) is 23.7 Å². The third kappa shape index (κ3) is 24.9. The number of ketones is 1. The lowest BCUT2D eigenvalue weighted by Crippen LogP contribution is -2.60. The standard InChI is InChI=1S/C61H100N12O16/c1-14-40(8)53(45(86-13)36-41(9)74)70(11)58(82)51(38(4)5)68-57(81)52(39(6)7)71(12)61(85)89-54(59(83)72-30-28-69(10)29-31-72)42-17-19-43(20-18-42)65-55(79)44(16-15-25-64-60(62)84)66-56(80)50(37(2)3)67-47(76)24-32-87-34-35-88-33-26-63-46(75)23-27-73-48(77)21-22-49(73)78/h17-20,37-40,44-45,50-54H,14-16,21-36H2,1-13H3,(H,63,75)(H,65,79)(H,66,80)(H,67,76)(H,68,81)(H3,62,64,84)/t40-,44-,45+,50-,51-,52-,53-,54?/m0/s1. The number of likely N-dealkylation sites (tertiary alicyclic amines) is 1. The van der Waals surface area contributed by atoms with Crippen LogP contribution in [0.2, 0.25) is 0 Å². The van der Waals surface area contributed by atoms with Crippen molar-refractivity contribution in [3.63, 3.8) is 0 Å². The molecule has 0 aromatic heterocycles. The molecule has 8 atom stereocenters. The number of nitrogens with zero attached hydrogens (tertiary/aromatic N) is 5. The Morgan fingerprint density at radius 2 is 1.29 bits per heavy atom. The highest BCUT2D eigenvalue weighted by molar-refractivity contribution is 6.02. The predicted molar refractivity (Wildman–Crippen MR) is 329 cm³/mol. The molecule has 1 aromatic rings. The molecule has 0 saturated carbocycles. The smallest absolute Gasteiger partial charge is 0.411 e. The second-order valence-corrected chi connectivity index (χ2v) is 23.8. The topological polar surface area (TPSA) is 356 Å². The van der Waals surface area contributed by atoms with Crippen molar-refractivity contribution in [3.8, 4) is 0 Å². The average molecular weight is 1260 g/mol. The van der Waals surface area contributed by atoms with Gasteiger partial charge < -0.3 is 71.3 Å².